The summed E-state index contributed by atoms with van der Waals surface area (Å²) >= 11 is 0. The van der Waals surface area contributed by atoms with E-state index in [1.54, 1.807) is 12.1 Å². The number of para-hydroxylation sites is 1. The van der Waals surface area contributed by atoms with Crippen molar-refractivity contribution < 1.29 is 14.4 Å². The molecule has 4 N–H and O–H groups in total. The summed E-state index contributed by atoms with van der Waals surface area (Å²) in [6.45, 7) is 3.88. The summed E-state index contributed by atoms with van der Waals surface area (Å²) in [7, 11) is 0. The molecule has 0 unspecified atom stereocenters. The van der Waals surface area contributed by atoms with Gasteiger partial charge in [0.2, 0.25) is 5.91 Å². The van der Waals surface area contributed by atoms with Crippen molar-refractivity contribution in [3.63, 3.8) is 0 Å². The normalized spacial score (nSPS) is 17.4. The topological polar surface area (TPSA) is 123 Å². The molecule has 132 valence electrons. The predicted molar refractivity (Wildman–Crippen MR) is 94.5 cm³/mol. The summed E-state index contributed by atoms with van der Waals surface area (Å²) in [4.78, 5) is 48.6. The highest BCUT2D eigenvalue weighted by molar-refractivity contribution is 6.23. The van der Waals surface area contributed by atoms with Gasteiger partial charge < -0.3 is 11.1 Å². The first-order chi connectivity index (χ1) is 12.2. The smallest absolute Gasteiger partial charge is 0.262 e. The molecule has 1 aromatic heterocycles. The monoisotopic (exact) mass is 352 g/mol. The van der Waals surface area contributed by atoms with Crippen molar-refractivity contribution in [3.8, 4) is 5.69 Å². The molecule has 2 aliphatic heterocycles. The van der Waals surface area contributed by atoms with Gasteiger partial charge in [-0.05, 0) is 11.6 Å². The molecule has 1 aromatic carbocycles. The number of rotatable bonds is 1. The van der Waals surface area contributed by atoms with Crippen LogP contribution in [0, 0.1) is 0 Å². The summed E-state index contributed by atoms with van der Waals surface area (Å²) in [5.41, 5.74) is 6.75. The molecule has 2 aliphatic rings. The number of nitrogen functional groups attached to an aromatic ring is 1. The van der Waals surface area contributed by atoms with Gasteiger partial charge in [-0.15, -0.1) is 0 Å². The Hall–Kier alpha value is -3.42. The molecule has 0 saturated heterocycles. The van der Waals surface area contributed by atoms with Crippen molar-refractivity contribution in [3.05, 3.63) is 51.3 Å². The molecule has 0 spiro atoms. The van der Waals surface area contributed by atoms with Crippen molar-refractivity contribution in [1.82, 2.24) is 9.88 Å². The van der Waals surface area contributed by atoms with Gasteiger partial charge in [-0.2, -0.15) is 0 Å². The Kier molecular flexibility index (Phi) is 3.12. The van der Waals surface area contributed by atoms with Crippen molar-refractivity contribution in [2.45, 2.75) is 25.7 Å². The number of imide groups is 1. The van der Waals surface area contributed by atoms with E-state index in [1.807, 2.05) is 19.9 Å². The van der Waals surface area contributed by atoms with Gasteiger partial charge in [0.25, 0.3) is 17.4 Å². The number of aromatic nitrogens is 1. The third kappa shape index (κ3) is 2.08. The molecular weight excluding hydrogens is 336 g/mol. The number of nitrogens with one attached hydrogen (secondary N) is 2. The average molecular weight is 352 g/mol. The van der Waals surface area contributed by atoms with E-state index in [0.717, 1.165) is 16.2 Å². The lowest BCUT2D eigenvalue weighted by molar-refractivity contribution is -0.117. The van der Waals surface area contributed by atoms with Crippen LogP contribution in [0.1, 0.15) is 46.5 Å². The Balaban J connectivity index is 2.04. The van der Waals surface area contributed by atoms with Gasteiger partial charge in [0.15, 0.2) is 0 Å². The van der Waals surface area contributed by atoms with Crippen LogP contribution in [0.15, 0.2) is 29.1 Å². The Labute approximate surface area is 148 Å². The van der Waals surface area contributed by atoms with E-state index in [9.17, 15) is 19.2 Å². The molecule has 2 aromatic rings. The largest absolute Gasteiger partial charge is 0.384 e. The van der Waals surface area contributed by atoms with Crippen LogP contribution in [0.5, 0.6) is 0 Å². The van der Waals surface area contributed by atoms with Crippen LogP contribution >= 0.6 is 0 Å². The molecule has 26 heavy (non-hydrogen) atoms. The number of amides is 3. The van der Waals surface area contributed by atoms with E-state index < -0.39 is 22.8 Å². The van der Waals surface area contributed by atoms with Crippen molar-refractivity contribution >= 4 is 29.2 Å². The summed E-state index contributed by atoms with van der Waals surface area (Å²) < 4.78 is 1.15. The number of benzene rings is 1. The fourth-order valence-electron chi connectivity index (χ4n) is 3.63. The minimum absolute atomic E-state index is 0.0337. The van der Waals surface area contributed by atoms with Crippen LogP contribution in [-0.2, 0) is 10.2 Å². The molecule has 3 heterocycles. The molecule has 0 radical (unpaired) electrons. The second-order valence-corrected chi connectivity index (χ2v) is 7.08. The summed E-state index contributed by atoms with van der Waals surface area (Å²) in [5, 5.41) is 4.93. The summed E-state index contributed by atoms with van der Waals surface area (Å²) in [5.74, 6) is -1.60. The second-order valence-electron chi connectivity index (χ2n) is 7.08. The lowest BCUT2D eigenvalue weighted by atomic mass is 9.77. The summed E-state index contributed by atoms with van der Waals surface area (Å²) in [6, 6.07) is 6.36. The van der Waals surface area contributed by atoms with E-state index in [4.69, 9.17) is 5.73 Å². The Bertz CT molecular complexity index is 1080. The van der Waals surface area contributed by atoms with Crippen LogP contribution in [-0.4, -0.2) is 22.3 Å². The second kappa shape index (κ2) is 5.04. The first-order valence-corrected chi connectivity index (χ1v) is 8.05. The number of fused-ring (bicyclic) bond motifs is 2. The number of nitrogens with two attached hydrogens (primary N) is 1. The standard InChI is InChI=1S/C18H16N4O4/c1-18(2)7-11(23)20-14-9(18)4-3-5-10(14)22-12(24)6-8-13(15(22)19)17(26)21-16(8)25/h3-6H,7,19H2,1-2H3,(H,20,23)(H,21,25,26). The molecule has 8 nitrogen and oxygen atoms in total. The maximum Gasteiger partial charge on any atom is 0.262 e. The van der Waals surface area contributed by atoms with Crippen LogP contribution in [0.3, 0.4) is 0 Å². The fraction of sp³-hybridized carbons (Fsp3) is 0.222. The number of hydrogen-bond donors (Lipinski definition) is 3. The Morgan fingerprint density at radius 2 is 1.81 bits per heavy atom. The van der Waals surface area contributed by atoms with Crippen LogP contribution in [0.25, 0.3) is 5.69 Å². The SMILES string of the molecule is CC1(C)CC(=O)Nc2c(-n3c(N)c4c(cc3=O)C(=O)NC4=O)cccc21. The zero-order valence-corrected chi connectivity index (χ0v) is 14.2. The zero-order valence-electron chi connectivity index (χ0n) is 14.2. The van der Waals surface area contributed by atoms with Gasteiger partial charge in [0, 0.05) is 17.9 Å². The van der Waals surface area contributed by atoms with Crippen LogP contribution < -0.4 is 21.9 Å². The number of nitrogens with zero attached hydrogens (tertiary/aromatic N) is 1. The highest BCUT2D eigenvalue weighted by Gasteiger charge is 2.35. The van der Waals surface area contributed by atoms with E-state index in [0.29, 0.717) is 17.8 Å². The number of carbonyl (C=O) groups excluding carboxylic acids is 3. The van der Waals surface area contributed by atoms with Gasteiger partial charge in [-0.1, -0.05) is 26.0 Å². The Morgan fingerprint density at radius 1 is 1.08 bits per heavy atom. The molecule has 0 fully saturated rings. The minimum atomic E-state index is -0.648. The lowest BCUT2D eigenvalue weighted by Gasteiger charge is -2.33. The quantitative estimate of drug-likeness (QED) is 0.659. The first kappa shape index (κ1) is 16.1. The fourth-order valence-corrected chi connectivity index (χ4v) is 3.63. The number of carbonyl (C=O) groups is 3. The van der Waals surface area contributed by atoms with Gasteiger partial charge in [-0.3, -0.25) is 29.1 Å². The van der Waals surface area contributed by atoms with Gasteiger partial charge in [0.05, 0.1) is 22.5 Å². The van der Waals surface area contributed by atoms with Gasteiger partial charge in [-0.25, -0.2) is 0 Å². The highest BCUT2D eigenvalue weighted by Crippen LogP contribution is 2.40. The Morgan fingerprint density at radius 3 is 2.54 bits per heavy atom. The van der Waals surface area contributed by atoms with Gasteiger partial charge >= 0.3 is 0 Å². The molecule has 4 rings (SSSR count). The number of pyridine rings is 1. The molecule has 8 heteroatoms. The van der Waals surface area contributed by atoms with Crippen molar-refractivity contribution in [1.29, 1.82) is 0 Å². The van der Waals surface area contributed by atoms with Crippen LogP contribution in [0.2, 0.25) is 0 Å². The van der Waals surface area contributed by atoms with Crippen molar-refractivity contribution in [2.24, 2.45) is 0 Å². The lowest BCUT2D eigenvalue weighted by Crippen LogP contribution is -2.34. The molecule has 0 atom stereocenters. The third-order valence-electron chi connectivity index (χ3n) is 4.83. The third-order valence-corrected chi connectivity index (χ3v) is 4.83. The summed E-state index contributed by atoms with van der Waals surface area (Å²) in [6.07, 6.45) is 0.314. The predicted octanol–water partition coefficient (Wildman–Crippen LogP) is 0.923. The highest BCUT2D eigenvalue weighted by atomic mass is 16.2. The molecule has 0 aliphatic carbocycles. The van der Waals surface area contributed by atoms with E-state index in [-0.39, 0.29) is 22.9 Å². The molecule has 0 saturated carbocycles. The number of hydrogen-bond acceptors (Lipinski definition) is 5. The average Bonchev–Trinajstić information content (AvgIpc) is 2.81. The maximum atomic E-state index is 12.7. The van der Waals surface area contributed by atoms with Crippen molar-refractivity contribution in [2.75, 3.05) is 11.1 Å². The zero-order chi connectivity index (χ0) is 18.8. The van der Waals surface area contributed by atoms with Gasteiger partial charge in [0.1, 0.15) is 5.82 Å². The maximum absolute atomic E-state index is 12.7. The first-order valence-electron chi connectivity index (χ1n) is 8.05. The van der Waals surface area contributed by atoms with E-state index in [2.05, 4.69) is 10.6 Å². The molecule has 3 amide bonds. The van der Waals surface area contributed by atoms with E-state index in [1.165, 1.54) is 0 Å². The molecular formula is C18H16N4O4. The van der Waals surface area contributed by atoms with Crippen LogP contribution in [0.4, 0.5) is 11.5 Å². The number of anilines is 2. The minimum Gasteiger partial charge on any atom is -0.384 e. The molecule has 0 bridgehead atoms. The van der Waals surface area contributed by atoms with E-state index >= 15 is 0 Å².